The third-order valence-corrected chi connectivity index (χ3v) is 9.87. The number of amidine groups is 1. The topological polar surface area (TPSA) is 94.0 Å². The van der Waals surface area contributed by atoms with Crippen LogP contribution >= 0.6 is 11.3 Å². The monoisotopic (exact) mass is 598 g/mol. The molecular formula is C33H38N6O3S. The van der Waals surface area contributed by atoms with Crippen molar-refractivity contribution in [2.24, 2.45) is 0 Å². The lowest BCUT2D eigenvalue weighted by Crippen LogP contribution is -2.48. The number of benzene rings is 2. The van der Waals surface area contributed by atoms with E-state index in [0.717, 1.165) is 57.9 Å². The molecule has 1 atom stereocenters. The molecule has 3 aromatic rings. The highest BCUT2D eigenvalue weighted by Crippen LogP contribution is 2.32. The zero-order valence-electron chi connectivity index (χ0n) is 25.1. The number of aryl methyl sites for hydroxylation is 2. The molecule has 2 aromatic carbocycles. The summed E-state index contributed by atoms with van der Waals surface area (Å²) in [5, 5.41) is 20.1. The SMILES string of the molecule is Cc1c(NC(=O)c2cc3c(s2)CCCC3)cccc1C1=CN(C)CC(Nc2ccc(C3C(=O)N(C)CCN3C)cc2)=[N+]1[O-]. The number of amides is 2. The highest BCUT2D eigenvalue weighted by molar-refractivity contribution is 7.14. The van der Waals surface area contributed by atoms with Gasteiger partial charge in [-0.15, -0.1) is 11.3 Å². The van der Waals surface area contributed by atoms with Gasteiger partial charge in [-0.2, -0.15) is 0 Å². The van der Waals surface area contributed by atoms with Crippen LogP contribution < -0.4 is 10.6 Å². The van der Waals surface area contributed by atoms with Gasteiger partial charge in [-0.05, 0) is 80.6 Å². The fourth-order valence-corrected chi connectivity index (χ4v) is 7.26. The molecule has 1 unspecified atom stereocenters. The number of anilines is 2. The molecule has 10 heteroatoms. The molecule has 0 radical (unpaired) electrons. The van der Waals surface area contributed by atoms with Gasteiger partial charge < -0.3 is 20.3 Å². The molecule has 2 aliphatic heterocycles. The predicted molar refractivity (Wildman–Crippen MR) is 172 cm³/mol. The minimum atomic E-state index is -0.312. The Morgan fingerprint density at radius 1 is 1.05 bits per heavy atom. The molecule has 1 fully saturated rings. The average molecular weight is 599 g/mol. The first-order valence-electron chi connectivity index (χ1n) is 14.8. The standard InChI is InChI=1S/C33H38N6O3S/c1-21-25(9-7-10-26(21)35-32(40)29-18-23-8-5-6-11-28(23)43-29)27-19-36(2)20-30(39(27)42)34-24-14-12-22(13-15-24)31-33(41)38(4)17-16-37(31)3/h7,9-10,12-15,18-19,31,34H,5-6,8,11,16-17,20H2,1-4H3,(H,35,40). The second-order valence-corrected chi connectivity index (χ2v) is 12.9. The Bertz CT molecular complexity index is 1600. The molecule has 43 heavy (non-hydrogen) atoms. The van der Waals surface area contributed by atoms with Gasteiger partial charge >= 0.3 is 0 Å². The molecule has 1 aromatic heterocycles. The van der Waals surface area contributed by atoms with Gasteiger partial charge in [0.15, 0.2) is 5.70 Å². The van der Waals surface area contributed by atoms with Crippen molar-refractivity contribution in [2.45, 2.75) is 38.6 Å². The number of carbonyl (C=O) groups excluding carboxylic acids is 2. The Balaban J connectivity index is 1.21. The van der Waals surface area contributed by atoms with Gasteiger partial charge in [-0.3, -0.25) is 14.5 Å². The van der Waals surface area contributed by atoms with Crippen molar-refractivity contribution in [3.05, 3.63) is 91.9 Å². The number of fused-ring (bicyclic) bond motifs is 1. The molecule has 0 bridgehead atoms. The molecular weight excluding hydrogens is 560 g/mol. The Morgan fingerprint density at radius 3 is 2.58 bits per heavy atom. The summed E-state index contributed by atoms with van der Waals surface area (Å²) < 4.78 is 0.933. The van der Waals surface area contributed by atoms with E-state index in [1.807, 2.05) is 87.7 Å². The van der Waals surface area contributed by atoms with Crippen molar-refractivity contribution in [1.82, 2.24) is 14.7 Å². The molecule has 0 saturated carbocycles. The average Bonchev–Trinajstić information content (AvgIpc) is 3.44. The van der Waals surface area contributed by atoms with Crippen LogP contribution in [0.15, 0.2) is 54.7 Å². The van der Waals surface area contributed by atoms with E-state index >= 15 is 0 Å². The van der Waals surface area contributed by atoms with Crippen LogP contribution in [0.5, 0.6) is 0 Å². The Labute approximate surface area is 256 Å². The van der Waals surface area contributed by atoms with Gasteiger partial charge in [-0.1, -0.05) is 24.3 Å². The van der Waals surface area contributed by atoms with E-state index in [4.69, 9.17) is 0 Å². The Morgan fingerprint density at radius 2 is 1.81 bits per heavy atom. The summed E-state index contributed by atoms with van der Waals surface area (Å²) in [5.41, 5.74) is 5.76. The molecule has 1 aliphatic carbocycles. The molecule has 1 saturated heterocycles. The van der Waals surface area contributed by atoms with Gasteiger partial charge in [0.05, 0.1) is 4.88 Å². The van der Waals surface area contributed by atoms with Gasteiger partial charge in [0.1, 0.15) is 18.3 Å². The molecule has 6 rings (SSSR count). The van der Waals surface area contributed by atoms with Crippen LogP contribution in [0.3, 0.4) is 0 Å². The van der Waals surface area contributed by atoms with Crippen LogP contribution in [0.25, 0.3) is 5.70 Å². The highest BCUT2D eigenvalue weighted by atomic mass is 32.1. The van der Waals surface area contributed by atoms with Gasteiger partial charge in [-0.25, -0.2) is 10.1 Å². The summed E-state index contributed by atoms with van der Waals surface area (Å²) in [5.74, 6) is 0.455. The van der Waals surface area contributed by atoms with Crippen LogP contribution in [-0.2, 0) is 17.6 Å². The number of thiophene rings is 1. The van der Waals surface area contributed by atoms with Crippen LogP contribution in [-0.4, -0.2) is 77.9 Å². The lowest BCUT2D eigenvalue weighted by atomic mass is 9.99. The summed E-state index contributed by atoms with van der Waals surface area (Å²) in [6.07, 6.45) is 6.29. The first kappa shape index (κ1) is 28.9. The zero-order chi connectivity index (χ0) is 30.2. The number of likely N-dealkylation sites (N-methyl/N-ethyl adjacent to an activating group) is 3. The van der Waals surface area contributed by atoms with E-state index in [-0.39, 0.29) is 17.9 Å². The lowest BCUT2D eigenvalue weighted by molar-refractivity contribution is -0.356. The van der Waals surface area contributed by atoms with E-state index in [0.29, 0.717) is 23.8 Å². The Hall–Kier alpha value is -4.15. The number of nitrogens with zero attached hydrogens (tertiary/aromatic N) is 4. The molecule has 0 spiro atoms. The summed E-state index contributed by atoms with van der Waals surface area (Å²) in [7, 11) is 5.73. The summed E-state index contributed by atoms with van der Waals surface area (Å²) in [6.45, 7) is 3.87. The largest absolute Gasteiger partial charge is 0.710 e. The molecule has 9 nitrogen and oxygen atoms in total. The molecule has 3 heterocycles. The highest BCUT2D eigenvalue weighted by Gasteiger charge is 2.32. The molecule has 3 aliphatic rings. The molecule has 2 amide bonds. The van der Waals surface area contributed by atoms with E-state index in [1.54, 1.807) is 16.2 Å². The maximum Gasteiger partial charge on any atom is 0.277 e. The third-order valence-electron chi connectivity index (χ3n) is 8.64. The predicted octanol–water partition coefficient (Wildman–Crippen LogP) is 4.90. The number of carbonyl (C=O) groups is 2. The molecule has 224 valence electrons. The van der Waals surface area contributed by atoms with Crippen LogP contribution in [0.4, 0.5) is 11.4 Å². The summed E-state index contributed by atoms with van der Waals surface area (Å²) in [6, 6.07) is 15.1. The first-order chi connectivity index (χ1) is 20.7. The minimum absolute atomic E-state index is 0.0848. The quantitative estimate of drug-likeness (QED) is 0.321. The van der Waals surface area contributed by atoms with E-state index in [9.17, 15) is 14.8 Å². The van der Waals surface area contributed by atoms with E-state index in [2.05, 4.69) is 15.5 Å². The van der Waals surface area contributed by atoms with Crippen LogP contribution in [0.1, 0.15) is 55.7 Å². The number of nitrogens with one attached hydrogen (secondary N) is 2. The van der Waals surface area contributed by atoms with E-state index in [1.165, 1.54) is 23.3 Å². The minimum Gasteiger partial charge on any atom is -0.710 e. The number of hydrogen-bond acceptors (Lipinski definition) is 7. The summed E-state index contributed by atoms with van der Waals surface area (Å²) in [4.78, 5) is 33.8. The lowest BCUT2D eigenvalue weighted by Gasteiger charge is -2.37. The smallest absolute Gasteiger partial charge is 0.277 e. The molecule has 2 N–H and O–H groups in total. The Kier molecular flexibility index (Phi) is 7.98. The van der Waals surface area contributed by atoms with Crippen molar-refractivity contribution in [3.8, 4) is 0 Å². The second kappa shape index (κ2) is 11.9. The normalized spacial score (nSPS) is 19.3. The van der Waals surface area contributed by atoms with Crippen LogP contribution in [0, 0.1) is 12.1 Å². The fraction of sp³-hybridized carbons (Fsp3) is 0.364. The van der Waals surface area contributed by atoms with Crippen molar-refractivity contribution < 1.29 is 14.3 Å². The number of piperazine rings is 1. The van der Waals surface area contributed by atoms with Crippen molar-refractivity contribution >= 4 is 46.1 Å². The number of rotatable bonds is 5. The number of hydrogen-bond donors (Lipinski definition) is 2. The third kappa shape index (κ3) is 5.77. The van der Waals surface area contributed by atoms with Gasteiger partial charge in [0.2, 0.25) is 5.91 Å². The second-order valence-electron chi connectivity index (χ2n) is 11.8. The van der Waals surface area contributed by atoms with Crippen molar-refractivity contribution in [3.63, 3.8) is 0 Å². The zero-order valence-corrected chi connectivity index (χ0v) is 26.0. The maximum absolute atomic E-state index is 13.7. The van der Waals surface area contributed by atoms with Gasteiger partial charge in [0.25, 0.3) is 11.7 Å². The summed E-state index contributed by atoms with van der Waals surface area (Å²) >= 11 is 1.59. The van der Waals surface area contributed by atoms with Crippen molar-refractivity contribution in [1.29, 1.82) is 0 Å². The number of hydroxylamine groups is 1. The van der Waals surface area contributed by atoms with Crippen LogP contribution in [0.2, 0.25) is 0 Å². The maximum atomic E-state index is 13.7. The fourth-order valence-electron chi connectivity index (χ4n) is 6.11. The van der Waals surface area contributed by atoms with Crippen molar-refractivity contribution in [2.75, 3.05) is 51.4 Å². The van der Waals surface area contributed by atoms with Gasteiger partial charge in [0, 0.05) is 49.5 Å². The first-order valence-corrected chi connectivity index (χ1v) is 15.6. The van der Waals surface area contributed by atoms with E-state index < -0.39 is 0 Å².